The molecule has 14 nitrogen and oxygen atoms in total. The minimum atomic E-state index is -2.67. The van der Waals surface area contributed by atoms with Crippen LogP contribution in [0.1, 0.15) is 5.69 Å². The van der Waals surface area contributed by atoms with Gasteiger partial charge in [0.15, 0.2) is 0 Å². The lowest BCUT2D eigenvalue weighted by atomic mass is 10.3. The molecule has 1 aromatic rings. The zero-order chi connectivity index (χ0) is 25.9. The number of H-pyrrole nitrogens is 1. The molecule has 1 aromatic heterocycles. The molecule has 0 aromatic carbocycles. The van der Waals surface area contributed by atoms with E-state index >= 15 is 0 Å². The van der Waals surface area contributed by atoms with Crippen molar-refractivity contribution >= 4 is 44.4 Å². The van der Waals surface area contributed by atoms with Crippen molar-refractivity contribution in [3.63, 3.8) is 0 Å². The normalized spacial score (nSPS) is 7.17. The molecule has 0 unspecified atom stereocenters. The molecule has 0 aliphatic carbocycles. The third-order valence-corrected chi connectivity index (χ3v) is 0.635. The molecule has 0 amide bonds. The molecule has 0 aliphatic heterocycles. The van der Waals surface area contributed by atoms with Gasteiger partial charge in [-0.3, -0.25) is 25.9 Å². The van der Waals surface area contributed by atoms with Crippen LogP contribution in [0.3, 0.4) is 0 Å². The van der Waals surface area contributed by atoms with Crippen LogP contribution in [0, 0.1) is 6.92 Å². The van der Waals surface area contributed by atoms with Gasteiger partial charge in [0.05, 0.1) is 12.0 Å². The van der Waals surface area contributed by atoms with Crippen molar-refractivity contribution in [2.24, 2.45) is 0 Å². The fourth-order valence-corrected chi connectivity index (χ4v) is 0.334. The van der Waals surface area contributed by atoms with Crippen LogP contribution in [-0.4, -0.2) is 115 Å². The maximum absolute atomic E-state index is 10.1. The second-order valence-corrected chi connectivity index (χ2v) is 3.07. The molecule has 13 N–H and O–H groups in total. The Kier molecular flexibility index (Phi) is 50.1. The summed E-state index contributed by atoms with van der Waals surface area (Å²) >= 11 is 0. The smallest absolute Gasteiger partial charge is 0.398 e. The second kappa shape index (κ2) is 35.2. The van der Waals surface area contributed by atoms with Crippen molar-refractivity contribution in [1.29, 1.82) is 0 Å². The van der Waals surface area contributed by atoms with Gasteiger partial charge in [-0.25, -0.2) is 4.98 Å². The maximum atomic E-state index is 10.1. The van der Waals surface area contributed by atoms with E-state index < -0.39 is 44.4 Å². The van der Waals surface area contributed by atoms with Gasteiger partial charge in [-0.1, -0.05) is 0 Å². The van der Waals surface area contributed by atoms with Crippen LogP contribution in [0.5, 0.6) is 0 Å². The first-order valence-electron chi connectivity index (χ1n) is 6.26. The molecule has 0 saturated heterocycles. The number of halogens is 6. The largest absolute Gasteiger partial charge is 0.674 e. The van der Waals surface area contributed by atoms with Gasteiger partial charge in [0.2, 0.25) is 0 Å². The second-order valence-electron chi connectivity index (χ2n) is 3.07. The minimum absolute atomic E-state index is 1.04. The number of nitrogens with one attached hydrogen (secondary N) is 1. The molecule has 0 saturated carbocycles. The van der Waals surface area contributed by atoms with Gasteiger partial charge in [-0.2, -0.15) is 0 Å². The van der Waals surface area contributed by atoms with Crippen LogP contribution in [0.4, 0.5) is 25.9 Å². The summed E-state index contributed by atoms with van der Waals surface area (Å²) in [4.78, 5) is 6.68. The van der Waals surface area contributed by atoms with E-state index in [-0.39, 0.29) is 0 Å². The van der Waals surface area contributed by atoms with E-state index in [0.717, 1.165) is 5.69 Å². The minimum Gasteiger partial charge on any atom is -0.398 e. The lowest BCUT2D eigenvalue weighted by Crippen LogP contribution is -1.98. The Hall–Kier alpha value is -1.30. The number of hydrogen-bond donors (Lipinski definition) is 13. The first-order valence-corrected chi connectivity index (χ1v) is 6.26. The van der Waals surface area contributed by atoms with Crippen LogP contribution in [0.15, 0.2) is 12.5 Å². The number of nitrogens with zero attached hydrogens (tertiary/aromatic N) is 1. The molecule has 0 spiro atoms. The highest BCUT2D eigenvalue weighted by molar-refractivity contribution is 6.32. The summed E-state index contributed by atoms with van der Waals surface area (Å²) in [5.41, 5.74) is 1.04. The number of imidazole rings is 1. The first kappa shape index (κ1) is 42.7. The van der Waals surface area contributed by atoms with Gasteiger partial charge in [0.1, 0.15) is 0 Å². The van der Waals surface area contributed by atoms with Crippen LogP contribution >= 0.6 is 0 Å². The third-order valence-electron chi connectivity index (χ3n) is 0.635. The Morgan fingerprint density at radius 1 is 0.567 bits per heavy atom. The first-order chi connectivity index (χ1) is 13.3. The summed E-state index contributed by atoms with van der Waals surface area (Å²) in [5.74, 6) is 0. The molecule has 30 heavy (non-hydrogen) atoms. The molecule has 176 valence electrons. The highest BCUT2D eigenvalue weighted by Crippen LogP contribution is 1.81. The predicted octanol–water partition coefficient (Wildman–Crippen LogP) is -5.73. The van der Waals surface area contributed by atoms with Crippen LogP contribution in [0.25, 0.3) is 0 Å². The molecule has 0 fully saturated rings. The van der Waals surface area contributed by atoms with Gasteiger partial charge >= 0.3 is 44.4 Å². The molecule has 1 rings (SSSR count). The van der Waals surface area contributed by atoms with Crippen molar-refractivity contribution in [3.8, 4) is 0 Å². The summed E-state index contributed by atoms with van der Waals surface area (Å²) in [6, 6.07) is 0. The molecule has 26 heteroatoms. The molecule has 0 radical (unpaired) electrons. The molecule has 0 aliphatic rings. The number of aryl methyl sites for hydroxylation is 1. The number of aromatic nitrogens is 2. The summed E-state index contributed by atoms with van der Waals surface area (Å²) in [7, 11) is -16.0. The zero-order valence-electron chi connectivity index (χ0n) is 14.7. The maximum Gasteiger partial charge on any atom is 0.674 e. The molecule has 1 heterocycles. The van der Waals surface area contributed by atoms with E-state index in [2.05, 4.69) is 9.97 Å². The summed E-state index contributed by atoms with van der Waals surface area (Å²) in [6.07, 6.45) is 3.51. The van der Waals surface area contributed by atoms with Crippen molar-refractivity contribution in [2.75, 3.05) is 0 Å². The van der Waals surface area contributed by atoms with Crippen LogP contribution in [-0.2, 0) is 0 Å². The van der Waals surface area contributed by atoms with Crippen LogP contribution in [0.2, 0.25) is 0 Å². The third kappa shape index (κ3) is 543. The van der Waals surface area contributed by atoms with Gasteiger partial charge in [0, 0.05) is 6.20 Å². The molecule has 0 bridgehead atoms. The predicted molar refractivity (Wildman–Crippen MR) is 91.1 cm³/mol. The Balaban J connectivity index is -0.0000000565. The van der Waals surface area contributed by atoms with Crippen molar-refractivity contribution < 1.29 is 86.2 Å². The molecular weight excluding hydrogens is 447 g/mol. The summed E-state index contributed by atoms with van der Waals surface area (Å²) in [6.45, 7) is 1.94. The average Bonchev–Trinajstić information content (AvgIpc) is 2.85. The lowest BCUT2D eigenvalue weighted by Gasteiger charge is -1.65. The van der Waals surface area contributed by atoms with Crippen molar-refractivity contribution in [1.82, 2.24) is 9.97 Å². The average molecular weight is 465 g/mol. The Morgan fingerprint density at radius 3 is 0.767 bits per heavy atom. The fourth-order valence-electron chi connectivity index (χ4n) is 0.334. The summed E-state index contributed by atoms with van der Waals surface area (Å²) < 4.78 is 60.7. The van der Waals surface area contributed by atoms with E-state index in [0.29, 0.717) is 0 Å². The standard InChI is InChI=1S/C4H6N2.6BFH2O2/c1-4-2-5-3-6-4;6*2-1(3)4/h2-3H,1H3,(H,5,6);6*3-4H. The van der Waals surface area contributed by atoms with Crippen molar-refractivity contribution in [3.05, 3.63) is 18.2 Å². The van der Waals surface area contributed by atoms with Gasteiger partial charge in [0.25, 0.3) is 0 Å². The van der Waals surface area contributed by atoms with Crippen LogP contribution < -0.4 is 0 Å². The van der Waals surface area contributed by atoms with E-state index in [4.69, 9.17) is 60.3 Å². The van der Waals surface area contributed by atoms with Gasteiger partial charge in [-0.15, -0.1) is 0 Å². The Bertz CT molecular complexity index is 310. The monoisotopic (exact) mass is 466 g/mol. The van der Waals surface area contributed by atoms with E-state index in [1.54, 1.807) is 6.33 Å². The number of rotatable bonds is 0. The van der Waals surface area contributed by atoms with E-state index in [1.165, 1.54) is 0 Å². The SMILES string of the molecule is Cc1c[nH]cn1.OB(O)F.OB(O)F.OB(O)F.OB(O)F.OB(O)F.OB(O)F. The molecular formula is C4H18B6F6N2O12. The fraction of sp³-hybridized carbons (Fsp3) is 0.250. The highest BCUT2D eigenvalue weighted by atomic mass is 19.1. The number of hydrogen-bond acceptors (Lipinski definition) is 13. The quantitative estimate of drug-likeness (QED) is 0.126. The topological polar surface area (TPSA) is 271 Å². The zero-order valence-corrected chi connectivity index (χ0v) is 14.7. The number of aromatic amines is 1. The highest BCUT2D eigenvalue weighted by Gasteiger charge is 1.99. The van der Waals surface area contributed by atoms with Gasteiger partial charge < -0.3 is 65.3 Å². The Morgan fingerprint density at radius 2 is 0.733 bits per heavy atom. The van der Waals surface area contributed by atoms with E-state index in [9.17, 15) is 25.9 Å². The summed E-state index contributed by atoms with van der Waals surface area (Å²) in [5, 5.41) is 83.3. The van der Waals surface area contributed by atoms with Gasteiger partial charge in [-0.05, 0) is 6.92 Å². The Labute approximate surface area is 166 Å². The lowest BCUT2D eigenvalue weighted by molar-refractivity contribution is 0.338. The molecule has 0 atom stereocenters. The van der Waals surface area contributed by atoms with E-state index in [1.807, 2.05) is 13.1 Å². The van der Waals surface area contributed by atoms with Crippen molar-refractivity contribution in [2.45, 2.75) is 6.92 Å².